The van der Waals surface area contributed by atoms with E-state index in [-0.39, 0.29) is 5.41 Å². The summed E-state index contributed by atoms with van der Waals surface area (Å²) in [7, 11) is 0. The maximum atomic E-state index is 9.80. The monoisotopic (exact) mass is 640 g/mol. The molecule has 0 saturated carbocycles. The predicted octanol–water partition coefficient (Wildman–Crippen LogP) is 11.5. The van der Waals surface area contributed by atoms with E-state index < -0.39 is 5.60 Å². The number of hydrogen-bond donors (Lipinski definition) is 0. The largest absolute Gasteiger partial charge is 0.472 e. The number of fused-ring (bicyclic) bond motifs is 11. The van der Waals surface area contributed by atoms with Gasteiger partial charge in [0.2, 0.25) is 0 Å². The van der Waals surface area contributed by atoms with Gasteiger partial charge in [0.1, 0.15) is 5.75 Å². The molecular formula is C47H32N2O. The van der Waals surface area contributed by atoms with E-state index in [0.29, 0.717) is 5.56 Å². The van der Waals surface area contributed by atoms with Gasteiger partial charge in [0.05, 0.1) is 22.7 Å². The second-order valence-electron chi connectivity index (χ2n) is 14.0. The minimum Gasteiger partial charge on any atom is -0.472 e. The van der Waals surface area contributed by atoms with Crippen molar-refractivity contribution in [1.82, 2.24) is 4.57 Å². The average Bonchev–Trinajstić information content (AvgIpc) is 3.63. The summed E-state index contributed by atoms with van der Waals surface area (Å²) in [5.41, 5.74) is 11.0. The Bertz CT molecular complexity index is 2760. The first-order valence-corrected chi connectivity index (χ1v) is 17.2. The lowest BCUT2D eigenvalue weighted by Gasteiger charge is -2.38. The van der Waals surface area contributed by atoms with Gasteiger partial charge in [-0.25, -0.2) is 0 Å². The highest BCUT2D eigenvalue weighted by atomic mass is 16.5. The normalized spacial score (nSPS) is 16.9. The van der Waals surface area contributed by atoms with Gasteiger partial charge in [0.15, 0.2) is 5.60 Å². The van der Waals surface area contributed by atoms with Crippen LogP contribution < -0.4 is 4.74 Å². The van der Waals surface area contributed by atoms with Gasteiger partial charge in [-0.3, -0.25) is 0 Å². The SMILES string of the molecule is CC1(C)c2cc(C#N)ccc2-c2c1c1c(c3ccccc23)OC(c2ccccc2)(c2ccc3c(c2)c2ccccc2n3-c2ccccc2)C=C1. The fourth-order valence-electron chi connectivity index (χ4n) is 8.73. The van der Waals surface area contributed by atoms with Crippen molar-refractivity contribution in [3.8, 4) is 28.6 Å². The fourth-order valence-corrected chi connectivity index (χ4v) is 8.73. The highest BCUT2D eigenvalue weighted by Crippen LogP contribution is 2.58. The van der Waals surface area contributed by atoms with Crippen molar-refractivity contribution in [2.24, 2.45) is 0 Å². The highest BCUT2D eigenvalue weighted by Gasteiger charge is 2.44. The summed E-state index contributed by atoms with van der Waals surface area (Å²) >= 11 is 0. The molecule has 0 saturated heterocycles. The molecule has 1 atom stereocenters. The Hall–Kier alpha value is -6.37. The molecule has 10 rings (SSSR count). The number of para-hydroxylation sites is 2. The molecule has 1 unspecified atom stereocenters. The minimum atomic E-state index is -0.876. The van der Waals surface area contributed by atoms with Crippen molar-refractivity contribution >= 4 is 38.7 Å². The summed E-state index contributed by atoms with van der Waals surface area (Å²) in [5.74, 6) is 0.888. The van der Waals surface area contributed by atoms with Crippen molar-refractivity contribution in [2.45, 2.75) is 24.9 Å². The molecule has 0 radical (unpaired) electrons. The molecular weight excluding hydrogens is 609 g/mol. The first-order valence-electron chi connectivity index (χ1n) is 17.2. The molecule has 0 fully saturated rings. The van der Waals surface area contributed by atoms with Gasteiger partial charge in [-0.15, -0.1) is 0 Å². The predicted molar refractivity (Wildman–Crippen MR) is 204 cm³/mol. The van der Waals surface area contributed by atoms with Crippen LogP contribution in [-0.4, -0.2) is 4.57 Å². The van der Waals surface area contributed by atoms with Crippen molar-refractivity contribution in [2.75, 3.05) is 0 Å². The van der Waals surface area contributed by atoms with Crippen LogP contribution in [0.1, 0.15) is 47.2 Å². The summed E-state index contributed by atoms with van der Waals surface area (Å²) < 4.78 is 9.93. The second-order valence-corrected chi connectivity index (χ2v) is 14.0. The molecule has 1 aliphatic heterocycles. The lowest BCUT2D eigenvalue weighted by molar-refractivity contribution is 0.163. The summed E-state index contributed by atoms with van der Waals surface area (Å²) in [5, 5.41) is 14.4. The maximum Gasteiger partial charge on any atom is 0.178 e. The summed E-state index contributed by atoms with van der Waals surface area (Å²) in [6, 6.07) is 53.8. The summed E-state index contributed by atoms with van der Waals surface area (Å²) in [6.45, 7) is 4.55. The van der Waals surface area contributed by atoms with Crippen molar-refractivity contribution in [3.63, 3.8) is 0 Å². The molecule has 50 heavy (non-hydrogen) atoms. The standard InChI is InChI=1S/C47H32N2O/c1-46(2)40-27-30(29-48)21-23-37(40)43-35-18-9-10-19-36(35)45-38(44(43)46)25-26-47(50-45,31-13-5-3-6-14-31)32-22-24-42-39(28-32)34-17-11-12-20-41(34)49(42)33-15-7-4-8-16-33/h3-28H,1-2H3. The number of benzene rings is 7. The van der Waals surface area contributed by atoms with Crippen LogP contribution in [0.3, 0.4) is 0 Å². The summed E-state index contributed by atoms with van der Waals surface area (Å²) in [6.07, 6.45) is 4.56. The highest BCUT2D eigenvalue weighted by molar-refractivity contribution is 6.10. The van der Waals surface area contributed by atoms with E-state index in [4.69, 9.17) is 4.74 Å². The van der Waals surface area contributed by atoms with E-state index in [9.17, 15) is 5.26 Å². The lowest BCUT2D eigenvalue weighted by atomic mass is 9.76. The molecule has 0 amide bonds. The molecule has 3 nitrogen and oxygen atoms in total. The third-order valence-electron chi connectivity index (χ3n) is 11.0. The Morgan fingerprint density at radius 1 is 0.620 bits per heavy atom. The van der Waals surface area contributed by atoms with Crippen LogP contribution in [0.5, 0.6) is 5.75 Å². The van der Waals surface area contributed by atoms with E-state index in [1.165, 1.54) is 38.5 Å². The minimum absolute atomic E-state index is 0.329. The van der Waals surface area contributed by atoms with Crippen LogP contribution in [0.25, 0.3) is 55.5 Å². The molecule has 1 aliphatic carbocycles. The average molecular weight is 641 g/mol. The Labute approximate surface area is 290 Å². The third-order valence-corrected chi connectivity index (χ3v) is 11.0. The maximum absolute atomic E-state index is 9.80. The van der Waals surface area contributed by atoms with Gasteiger partial charge in [0, 0.05) is 44.0 Å². The van der Waals surface area contributed by atoms with Crippen molar-refractivity contribution < 1.29 is 4.74 Å². The van der Waals surface area contributed by atoms with Crippen LogP contribution >= 0.6 is 0 Å². The molecule has 0 N–H and O–H groups in total. The van der Waals surface area contributed by atoms with E-state index >= 15 is 0 Å². The molecule has 2 aliphatic rings. The molecule has 7 aromatic carbocycles. The van der Waals surface area contributed by atoms with Crippen LogP contribution in [-0.2, 0) is 11.0 Å². The molecule has 2 heterocycles. The van der Waals surface area contributed by atoms with E-state index in [2.05, 4.69) is 176 Å². The number of aromatic nitrogens is 1. The molecule has 3 heteroatoms. The molecule has 236 valence electrons. The fraction of sp³-hybridized carbons (Fsp3) is 0.0851. The Kier molecular flexibility index (Phi) is 5.91. The van der Waals surface area contributed by atoms with Crippen molar-refractivity contribution in [1.29, 1.82) is 5.26 Å². The number of hydrogen-bond acceptors (Lipinski definition) is 2. The number of ether oxygens (including phenoxy) is 1. The third kappa shape index (κ3) is 3.79. The van der Waals surface area contributed by atoms with Gasteiger partial charge in [-0.1, -0.05) is 123 Å². The zero-order chi connectivity index (χ0) is 33.6. The molecule has 8 aromatic rings. The van der Waals surface area contributed by atoms with Crippen LogP contribution in [0.2, 0.25) is 0 Å². The molecule has 0 bridgehead atoms. The smallest absolute Gasteiger partial charge is 0.178 e. The first-order chi connectivity index (χ1) is 24.5. The zero-order valence-electron chi connectivity index (χ0n) is 27.8. The molecule has 0 spiro atoms. The number of nitrogens with zero attached hydrogens (tertiary/aromatic N) is 2. The van der Waals surface area contributed by atoms with Gasteiger partial charge >= 0.3 is 0 Å². The quantitative estimate of drug-likeness (QED) is 0.193. The Morgan fingerprint density at radius 3 is 2.08 bits per heavy atom. The van der Waals surface area contributed by atoms with E-state index in [0.717, 1.165) is 44.4 Å². The van der Waals surface area contributed by atoms with Crippen LogP contribution in [0.15, 0.2) is 152 Å². The van der Waals surface area contributed by atoms with Crippen LogP contribution in [0.4, 0.5) is 0 Å². The van der Waals surface area contributed by atoms with Gasteiger partial charge in [0.25, 0.3) is 0 Å². The van der Waals surface area contributed by atoms with Crippen LogP contribution in [0, 0.1) is 11.3 Å². The summed E-state index contributed by atoms with van der Waals surface area (Å²) in [4.78, 5) is 0. The van der Waals surface area contributed by atoms with E-state index in [1.807, 2.05) is 6.07 Å². The number of rotatable bonds is 3. The number of nitriles is 1. The Balaban J connectivity index is 1.25. The van der Waals surface area contributed by atoms with Gasteiger partial charge < -0.3 is 9.30 Å². The van der Waals surface area contributed by atoms with Gasteiger partial charge in [-0.2, -0.15) is 5.26 Å². The second kappa shape index (κ2) is 10.3. The van der Waals surface area contributed by atoms with Crippen molar-refractivity contribution in [3.05, 3.63) is 185 Å². The Morgan fingerprint density at radius 2 is 1.30 bits per heavy atom. The lowest BCUT2D eigenvalue weighted by Crippen LogP contribution is -2.35. The zero-order valence-corrected chi connectivity index (χ0v) is 27.8. The molecule has 1 aromatic heterocycles. The van der Waals surface area contributed by atoms with E-state index in [1.54, 1.807) is 0 Å². The van der Waals surface area contributed by atoms with Gasteiger partial charge in [-0.05, 0) is 76.2 Å². The topological polar surface area (TPSA) is 37.9 Å². The first kappa shape index (κ1) is 28.6.